The van der Waals surface area contributed by atoms with Gasteiger partial charge in [0.2, 0.25) is 5.91 Å². The number of carbonyl (C=O) groups is 1. The van der Waals surface area contributed by atoms with E-state index >= 15 is 0 Å². The number of hydrogen-bond donors (Lipinski definition) is 0. The van der Waals surface area contributed by atoms with Crippen LogP contribution in [-0.4, -0.2) is 52.8 Å². The fourth-order valence-corrected chi connectivity index (χ4v) is 7.26. The van der Waals surface area contributed by atoms with E-state index in [9.17, 15) is 4.79 Å². The molecule has 1 amide bonds. The predicted octanol–water partition coefficient (Wildman–Crippen LogP) is 8.42. The van der Waals surface area contributed by atoms with Crippen molar-refractivity contribution >= 4 is 22.5 Å². The van der Waals surface area contributed by atoms with Gasteiger partial charge in [-0.25, -0.2) is 0 Å². The van der Waals surface area contributed by atoms with E-state index in [4.69, 9.17) is 13.6 Å². The van der Waals surface area contributed by atoms with Gasteiger partial charge in [-0.05, 0) is 53.8 Å². The molecule has 1 heterocycles. The Bertz CT molecular complexity index is 1090. The summed E-state index contributed by atoms with van der Waals surface area (Å²) in [7, 11) is -4.13. The summed E-state index contributed by atoms with van der Waals surface area (Å²) >= 11 is 0. The molecule has 2 aromatic carbocycles. The van der Waals surface area contributed by atoms with Gasteiger partial charge in [0.05, 0.1) is 25.2 Å². The third kappa shape index (κ3) is 9.10. The van der Waals surface area contributed by atoms with E-state index in [1.807, 2.05) is 36.4 Å². The molecule has 1 aliphatic heterocycles. The second-order valence-corrected chi connectivity index (χ2v) is 24.3. The highest BCUT2D eigenvalue weighted by atomic mass is 28.4. The van der Waals surface area contributed by atoms with Crippen LogP contribution in [0.3, 0.4) is 0 Å². The number of rotatable bonds is 13. The highest BCUT2D eigenvalue weighted by Crippen LogP contribution is 2.42. The molecule has 0 radical (unpaired) electrons. The molecule has 0 unspecified atom stereocenters. The molecule has 5 nitrogen and oxygen atoms in total. The highest BCUT2D eigenvalue weighted by Gasteiger charge is 2.49. The second-order valence-electron chi connectivity index (χ2n) is 14.8. The smallest absolute Gasteiger partial charge is 0.225 e. The average molecular weight is 598 g/mol. The van der Waals surface area contributed by atoms with Crippen molar-refractivity contribution < 1.29 is 18.4 Å². The van der Waals surface area contributed by atoms with E-state index in [1.165, 1.54) is 5.56 Å². The zero-order valence-electron chi connectivity index (χ0n) is 27.3. The second kappa shape index (κ2) is 13.7. The van der Waals surface area contributed by atoms with Gasteiger partial charge < -0.3 is 18.5 Å². The van der Waals surface area contributed by atoms with Crippen molar-refractivity contribution in [2.24, 2.45) is 5.92 Å². The Balaban J connectivity index is 1.91. The number of likely N-dealkylation sites (tertiary alicyclic amines) is 1. The van der Waals surface area contributed by atoms with Crippen LogP contribution in [0.2, 0.25) is 36.3 Å². The van der Waals surface area contributed by atoms with Crippen LogP contribution < -0.4 is 0 Å². The van der Waals surface area contributed by atoms with E-state index < -0.39 is 16.6 Å². The summed E-state index contributed by atoms with van der Waals surface area (Å²) in [6, 6.07) is 20.6. The number of benzene rings is 2. The van der Waals surface area contributed by atoms with E-state index in [2.05, 4.69) is 96.9 Å². The standard InChI is InChI=1S/C34H55NO4Si2/c1-33(2,3)40(7,8)38-26-29(21-22-37-25-28-19-15-12-16-20-28)32-30(39-41(9,10)34(4,5)6)23-31(36)35(32)24-27-17-13-11-14-18-27/h11-20,29-30,32H,21-26H2,1-10H3/t29-,30-,32+/m0/s1. The lowest BCUT2D eigenvalue weighted by Gasteiger charge is -2.43. The first kappa shape index (κ1) is 33.7. The molecule has 0 bridgehead atoms. The summed E-state index contributed by atoms with van der Waals surface area (Å²) < 4.78 is 20.1. The molecule has 7 heteroatoms. The van der Waals surface area contributed by atoms with Crippen molar-refractivity contribution in [3.8, 4) is 0 Å². The Morgan fingerprint density at radius 2 is 1.37 bits per heavy atom. The monoisotopic (exact) mass is 597 g/mol. The van der Waals surface area contributed by atoms with Gasteiger partial charge in [-0.3, -0.25) is 4.79 Å². The molecule has 228 valence electrons. The molecule has 2 aromatic rings. The van der Waals surface area contributed by atoms with Crippen LogP contribution in [0.1, 0.15) is 65.5 Å². The SMILES string of the molecule is CC(C)(C)[Si](C)(C)OC[C@H](CCOCc1ccccc1)[C@@H]1[C@@H](O[Si](C)(C)C(C)(C)C)CC(=O)N1Cc1ccccc1. The summed E-state index contributed by atoms with van der Waals surface area (Å²) in [5, 5.41) is 0.160. The van der Waals surface area contributed by atoms with Gasteiger partial charge >= 0.3 is 0 Å². The Morgan fingerprint density at radius 1 is 0.829 bits per heavy atom. The molecule has 1 fully saturated rings. The third-order valence-electron chi connectivity index (χ3n) is 9.58. The van der Waals surface area contributed by atoms with Crippen LogP contribution in [0.5, 0.6) is 0 Å². The van der Waals surface area contributed by atoms with E-state index in [0.29, 0.717) is 32.8 Å². The Hall–Kier alpha value is -1.78. The minimum Gasteiger partial charge on any atom is -0.416 e. The summed E-state index contributed by atoms with van der Waals surface area (Å²) in [6.45, 7) is 25.2. The van der Waals surface area contributed by atoms with Crippen LogP contribution in [0.15, 0.2) is 60.7 Å². The Morgan fingerprint density at radius 3 is 1.90 bits per heavy atom. The van der Waals surface area contributed by atoms with Crippen LogP contribution in [-0.2, 0) is 31.5 Å². The summed E-state index contributed by atoms with van der Waals surface area (Å²) in [5.74, 6) is 0.273. The average Bonchev–Trinajstić information content (AvgIpc) is 3.17. The maximum atomic E-state index is 13.7. The quantitative estimate of drug-likeness (QED) is 0.172. The molecule has 1 saturated heterocycles. The van der Waals surface area contributed by atoms with Gasteiger partial charge in [0.15, 0.2) is 16.6 Å². The van der Waals surface area contributed by atoms with Crippen LogP contribution in [0, 0.1) is 5.92 Å². The van der Waals surface area contributed by atoms with Crippen molar-refractivity contribution in [3.63, 3.8) is 0 Å². The van der Waals surface area contributed by atoms with Crippen molar-refractivity contribution in [3.05, 3.63) is 71.8 Å². The normalized spacial score (nSPS) is 19.6. The fourth-order valence-electron chi connectivity index (χ4n) is 4.86. The van der Waals surface area contributed by atoms with Crippen LogP contribution in [0.25, 0.3) is 0 Å². The molecule has 3 rings (SSSR count). The number of carbonyl (C=O) groups excluding carboxylic acids is 1. The van der Waals surface area contributed by atoms with Crippen molar-refractivity contribution in [1.29, 1.82) is 0 Å². The van der Waals surface area contributed by atoms with E-state index in [-0.39, 0.29) is 34.0 Å². The zero-order valence-corrected chi connectivity index (χ0v) is 29.3. The molecule has 1 aliphatic rings. The van der Waals surface area contributed by atoms with Gasteiger partial charge in [-0.15, -0.1) is 0 Å². The van der Waals surface area contributed by atoms with Gasteiger partial charge in [0, 0.05) is 25.7 Å². The fraction of sp³-hybridized carbons (Fsp3) is 0.618. The molecule has 0 aliphatic carbocycles. The van der Waals surface area contributed by atoms with E-state index in [0.717, 1.165) is 12.0 Å². The molecular weight excluding hydrogens is 543 g/mol. The summed E-state index contributed by atoms with van der Waals surface area (Å²) in [6.07, 6.45) is 1.07. The lowest BCUT2D eigenvalue weighted by molar-refractivity contribution is -0.130. The first-order valence-electron chi connectivity index (χ1n) is 15.3. The molecule has 0 saturated carbocycles. The molecule has 3 atom stereocenters. The topological polar surface area (TPSA) is 48.0 Å². The Labute approximate surface area is 252 Å². The maximum Gasteiger partial charge on any atom is 0.225 e. The number of ether oxygens (including phenoxy) is 1. The molecular formula is C34H55NO4Si2. The third-order valence-corrected chi connectivity index (χ3v) is 18.6. The minimum atomic E-state index is -2.12. The lowest BCUT2D eigenvalue weighted by Crippen LogP contribution is -2.52. The Kier molecular flexibility index (Phi) is 11.3. The largest absolute Gasteiger partial charge is 0.416 e. The highest BCUT2D eigenvalue weighted by molar-refractivity contribution is 6.74. The minimum absolute atomic E-state index is 0.0549. The number of hydrogen-bond acceptors (Lipinski definition) is 4. The van der Waals surface area contributed by atoms with Gasteiger partial charge in [-0.1, -0.05) is 102 Å². The van der Waals surface area contributed by atoms with Gasteiger partial charge in [0.25, 0.3) is 0 Å². The molecule has 41 heavy (non-hydrogen) atoms. The van der Waals surface area contributed by atoms with Crippen LogP contribution >= 0.6 is 0 Å². The molecule has 0 N–H and O–H groups in total. The maximum absolute atomic E-state index is 13.7. The van der Waals surface area contributed by atoms with Crippen molar-refractivity contribution in [2.45, 2.75) is 116 Å². The van der Waals surface area contributed by atoms with Gasteiger partial charge in [0.1, 0.15) is 0 Å². The lowest BCUT2D eigenvalue weighted by atomic mass is 9.93. The number of amides is 1. The molecule has 0 aromatic heterocycles. The van der Waals surface area contributed by atoms with E-state index in [1.54, 1.807) is 0 Å². The van der Waals surface area contributed by atoms with Gasteiger partial charge in [-0.2, -0.15) is 0 Å². The molecule has 0 spiro atoms. The zero-order chi connectivity index (χ0) is 30.5. The summed E-state index contributed by atoms with van der Waals surface area (Å²) in [4.78, 5) is 15.8. The summed E-state index contributed by atoms with van der Waals surface area (Å²) in [5.41, 5.74) is 2.31. The predicted molar refractivity (Wildman–Crippen MR) is 175 cm³/mol. The van der Waals surface area contributed by atoms with Crippen LogP contribution in [0.4, 0.5) is 0 Å². The van der Waals surface area contributed by atoms with Crippen molar-refractivity contribution in [2.75, 3.05) is 13.2 Å². The first-order chi connectivity index (χ1) is 19.0. The number of nitrogens with zero attached hydrogens (tertiary/aromatic N) is 1. The first-order valence-corrected chi connectivity index (χ1v) is 21.1. The van der Waals surface area contributed by atoms with Crippen molar-refractivity contribution in [1.82, 2.24) is 4.90 Å².